The molecule has 8 aromatic carbocycles. The molecule has 1 aromatic heterocycles. The molecule has 0 N–H and O–H groups in total. The lowest BCUT2D eigenvalue weighted by atomic mass is 9.98. The Morgan fingerprint density at radius 3 is 1.37 bits per heavy atom. The second kappa shape index (κ2) is 16.1. The molecule has 9 rings (SSSR count). The van der Waals surface area contributed by atoms with Gasteiger partial charge in [0, 0.05) is 28.2 Å². The molecular formula is C55H47N5. The number of fused-ring (bicyclic) bond motifs is 1. The van der Waals surface area contributed by atoms with Gasteiger partial charge in [-0.2, -0.15) is 9.97 Å². The van der Waals surface area contributed by atoms with Gasteiger partial charge in [-0.15, -0.1) is 0 Å². The van der Waals surface area contributed by atoms with E-state index in [1.165, 1.54) is 44.8 Å². The number of anilines is 6. The third-order valence-electron chi connectivity index (χ3n) is 11.2. The number of rotatable bonds is 9. The Labute approximate surface area is 353 Å². The highest BCUT2D eigenvalue weighted by atomic mass is 15.3. The average molecular weight is 778 g/mol. The molecule has 0 atom stereocenters. The third-order valence-corrected chi connectivity index (χ3v) is 11.2. The van der Waals surface area contributed by atoms with Crippen molar-refractivity contribution in [3.8, 4) is 33.9 Å². The van der Waals surface area contributed by atoms with Crippen molar-refractivity contribution >= 4 is 45.2 Å². The molecule has 0 saturated carbocycles. The van der Waals surface area contributed by atoms with Gasteiger partial charge in [0.05, 0.1) is 11.4 Å². The van der Waals surface area contributed by atoms with Crippen LogP contribution in [0.15, 0.2) is 176 Å². The van der Waals surface area contributed by atoms with Gasteiger partial charge in [-0.05, 0) is 122 Å². The summed E-state index contributed by atoms with van der Waals surface area (Å²) in [5.74, 6) is 1.72. The lowest BCUT2D eigenvalue weighted by Gasteiger charge is -2.32. The summed E-state index contributed by atoms with van der Waals surface area (Å²) >= 11 is 0. The van der Waals surface area contributed by atoms with Crippen LogP contribution in [0.3, 0.4) is 0 Å². The third kappa shape index (κ3) is 7.42. The van der Waals surface area contributed by atoms with Crippen molar-refractivity contribution in [3.05, 3.63) is 209 Å². The van der Waals surface area contributed by atoms with Gasteiger partial charge in [-0.3, -0.25) is 4.90 Å². The minimum absolute atomic E-state index is 0.525. The molecule has 0 aliphatic carbocycles. The van der Waals surface area contributed by atoms with Gasteiger partial charge in [-0.25, -0.2) is 4.98 Å². The predicted molar refractivity (Wildman–Crippen MR) is 251 cm³/mol. The maximum Gasteiger partial charge on any atom is 0.238 e. The summed E-state index contributed by atoms with van der Waals surface area (Å²) in [7, 11) is 0. The molecule has 0 unspecified atom stereocenters. The SMILES string of the molecule is Cc1cc(C)c(N(c2ccc(N(c3ccc4ccccc4c3)c3nc(-c4ccccc4)nc(-c4ccccc4-c4ccccc4)n3)cc2)c2c(C)cc(C)cc2C)c(C)c1. The van der Waals surface area contributed by atoms with Crippen LogP contribution in [0.2, 0.25) is 0 Å². The molecule has 0 fully saturated rings. The second-order valence-electron chi connectivity index (χ2n) is 15.8. The number of hydrogen-bond donors (Lipinski definition) is 0. The quantitative estimate of drug-likeness (QED) is 0.146. The molecule has 292 valence electrons. The minimum Gasteiger partial charge on any atom is -0.309 e. The van der Waals surface area contributed by atoms with Crippen molar-refractivity contribution < 1.29 is 0 Å². The monoisotopic (exact) mass is 777 g/mol. The molecule has 0 aliphatic heterocycles. The molecule has 5 heteroatoms. The van der Waals surface area contributed by atoms with Crippen molar-refractivity contribution in [2.24, 2.45) is 0 Å². The van der Waals surface area contributed by atoms with E-state index in [1.54, 1.807) is 0 Å². The number of nitrogens with zero attached hydrogens (tertiary/aromatic N) is 5. The zero-order chi connectivity index (χ0) is 41.3. The molecule has 0 radical (unpaired) electrons. The van der Waals surface area contributed by atoms with Gasteiger partial charge < -0.3 is 4.90 Å². The van der Waals surface area contributed by atoms with Crippen LogP contribution in [0.4, 0.5) is 34.4 Å². The van der Waals surface area contributed by atoms with Crippen molar-refractivity contribution in [2.75, 3.05) is 9.80 Å². The van der Waals surface area contributed by atoms with Gasteiger partial charge >= 0.3 is 0 Å². The van der Waals surface area contributed by atoms with E-state index in [0.29, 0.717) is 17.6 Å². The van der Waals surface area contributed by atoms with Crippen LogP contribution in [0.5, 0.6) is 0 Å². The van der Waals surface area contributed by atoms with Crippen molar-refractivity contribution in [2.45, 2.75) is 41.5 Å². The van der Waals surface area contributed by atoms with Gasteiger partial charge in [-0.1, -0.05) is 151 Å². The number of aryl methyl sites for hydroxylation is 6. The van der Waals surface area contributed by atoms with Crippen LogP contribution in [0.25, 0.3) is 44.7 Å². The van der Waals surface area contributed by atoms with E-state index in [1.807, 2.05) is 30.3 Å². The van der Waals surface area contributed by atoms with E-state index in [9.17, 15) is 0 Å². The molecule has 5 nitrogen and oxygen atoms in total. The molecule has 1 heterocycles. The Morgan fingerprint density at radius 2 is 0.783 bits per heavy atom. The van der Waals surface area contributed by atoms with Crippen molar-refractivity contribution in [3.63, 3.8) is 0 Å². The highest BCUT2D eigenvalue weighted by Crippen LogP contribution is 2.44. The second-order valence-corrected chi connectivity index (χ2v) is 15.8. The molecule has 0 aliphatic rings. The van der Waals surface area contributed by atoms with Crippen LogP contribution in [0.1, 0.15) is 33.4 Å². The van der Waals surface area contributed by atoms with Crippen LogP contribution >= 0.6 is 0 Å². The summed E-state index contributed by atoms with van der Waals surface area (Å²) < 4.78 is 0. The molecule has 60 heavy (non-hydrogen) atoms. The van der Waals surface area contributed by atoms with E-state index < -0.39 is 0 Å². The largest absolute Gasteiger partial charge is 0.309 e. The van der Waals surface area contributed by atoms with Gasteiger partial charge in [0.1, 0.15) is 0 Å². The fourth-order valence-corrected chi connectivity index (χ4v) is 8.72. The van der Waals surface area contributed by atoms with E-state index >= 15 is 0 Å². The average Bonchev–Trinajstić information content (AvgIpc) is 3.26. The van der Waals surface area contributed by atoms with Crippen LogP contribution in [-0.4, -0.2) is 15.0 Å². The summed E-state index contributed by atoms with van der Waals surface area (Å²) in [6.45, 7) is 13.2. The first kappa shape index (κ1) is 38.2. The summed E-state index contributed by atoms with van der Waals surface area (Å²) in [6.07, 6.45) is 0. The summed E-state index contributed by atoms with van der Waals surface area (Å²) in [5.41, 5.74) is 16.8. The fourth-order valence-electron chi connectivity index (χ4n) is 8.72. The summed E-state index contributed by atoms with van der Waals surface area (Å²) in [5, 5.41) is 2.29. The predicted octanol–water partition coefficient (Wildman–Crippen LogP) is 14.8. The Kier molecular flexibility index (Phi) is 10.2. The zero-order valence-electron chi connectivity index (χ0n) is 35.0. The molecular weight excluding hydrogens is 731 g/mol. The Morgan fingerprint density at radius 1 is 0.333 bits per heavy atom. The van der Waals surface area contributed by atoms with Crippen LogP contribution in [0, 0.1) is 41.5 Å². The Balaban J connectivity index is 1.26. The minimum atomic E-state index is 0.525. The van der Waals surface area contributed by atoms with Crippen LogP contribution < -0.4 is 9.80 Å². The smallest absolute Gasteiger partial charge is 0.238 e. The number of aromatic nitrogens is 3. The van der Waals surface area contributed by atoms with Gasteiger partial charge in [0.15, 0.2) is 11.6 Å². The van der Waals surface area contributed by atoms with Crippen LogP contribution in [-0.2, 0) is 0 Å². The summed E-state index contributed by atoms with van der Waals surface area (Å²) in [6, 6.07) is 61.9. The number of hydrogen-bond acceptors (Lipinski definition) is 5. The number of benzene rings is 8. The first-order valence-electron chi connectivity index (χ1n) is 20.5. The first-order chi connectivity index (χ1) is 29.2. The Hall–Kier alpha value is -7.37. The molecule has 0 amide bonds. The molecule has 0 bridgehead atoms. The maximum atomic E-state index is 5.36. The standard InChI is InChI=1S/C55H47N5/c1-36-31-38(3)51(39(4)32-36)60(52-40(5)33-37(2)34-41(52)6)47-29-27-46(28-30-47)59(48-26-25-42-17-13-14-22-45(42)35-48)55-57-53(44-20-11-8-12-21-44)56-54(58-55)50-24-16-15-23-49(50)43-18-9-7-10-19-43/h7-35H,1-6H3. The van der Waals surface area contributed by atoms with Gasteiger partial charge in [0.25, 0.3) is 0 Å². The van der Waals surface area contributed by atoms with E-state index in [-0.39, 0.29) is 0 Å². The van der Waals surface area contributed by atoms with Crippen molar-refractivity contribution in [1.29, 1.82) is 0 Å². The molecule has 9 aromatic rings. The fraction of sp³-hybridized carbons (Fsp3) is 0.109. The zero-order valence-corrected chi connectivity index (χ0v) is 35.0. The van der Waals surface area contributed by atoms with Crippen molar-refractivity contribution in [1.82, 2.24) is 15.0 Å². The highest BCUT2D eigenvalue weighted by molar-refractivity contribution is 5.90. The van der Waals surface area contributed by atoms with E-state index in [2.05, 4.69) is 197 Å². The maximum absolute atomic E-state index is 5.36. The van der Waals surface area contributed by atoms with E-state index in [0.717, 1.165) is 50.1 Å². The topological polar surface area (TPSA) is 45.2 Å². The van der Waals surface area contributed by atoms with E-state index in [4.69, 9.17) is 15.0 Å². The molecule has 0 spiro atoms. The lowest BCUT2D eigenvalue weighted by Crippen LogP contribution is -2.17. The Bertz CT molecular complexity index is 2890. The molecule has 0 saturated heterocycles. The normalized spacial score (nSPS) is 11.2. The highest BCUT2D eigenvalue weighted by Gasteiger charge is 2.24. The first-order valence-corrected chi connectivity index (χ1v) is 20.5. The van der Waals surface area contributed by atoms with Gasteiger partial charge in [0.2, 0.25) is 5.95 Å². The summed E-state index contributed by atoms with van der Waals surface area (Å²) in [4.78, 5) is 20.4. The lowest BCUT2D eigenvalue weighted by molar-refractivity contribution is 1.02.